The van der Waals surface area contributed by atoms with E-state index in [0.29, 0.717) is 0 Å². The quantitative estimate of drug-likeness (QED) is 0.787. The molecule has 1 aliphatic heterocycles. The first kappa shape index (κ1) is 13.9. The summed E-state index contributed by atoms with van der Waals surface area (Å²) in [5.74, 6) is 0.773. The molecule has 1 heterocycles. The first-order valence-corrected chi connectivity index (χ1v) is 7.93. The minimum Gasteiger partial charge on any atom is -0.369 e. The molecular formula is C15H23BrN2. The van der Waals surface area contributed by atoms with E-state index in [1.165, 1.54) is 30.9 Å². The molecular weight excluding hydrogens is 288 g/mol. The number of anilines is 1. The fourth-order valence-corrected chi connectivity index (χ4v) is 2.87. The molecule has 3 heteroatoms. The maximum Gasteiger partial charge on any atom is 0.0367 e. The maximum absolute atomic E-state index is 3.49. The van der Waals surface area contributed by atoms with Crippen LogP contribution in [0.2, 0.25) is 0 Å². The predicted molar refractivity (Wildman–Crippen MR) is 82.6 cm³/mol. The van der Waals surface area contributed by atoms with E-state index in [0.717, 1.165) is 24.3 Å². The maximum atomic E-state index is 3.49. The van der Waals surface area contributed by atoms with Gasteiger partial charge in [-0.25, -0.2) is 0 Å². The molecule has 1 fully saturated rings. The van der Waals surface area contributed by atoms with Crippen molar-refractivity contribution in [2.24, 2.45) is 5.92 Å². The first-order valence-electron chi connectivity index (χ1n) is 6.81. The van der Waals surface area contributed by atoms with Crippen LogP contribution in [-0.2, 0) is 5.33 Å². The summed E-state index contributed by atoms with van der Waals surface area (Å²) in [5.41, 5.74) is 2.71. The second-order valence-electron chi connectivity index (χ2n) is 5.48. The smallest absolute Gasteiger partial charge is 0.0367 e. The van der Waals surface area contributed by atoms with Crippen molar-refractivity contribution in [3.63, 3.8) is 0 Å². The van der Waals surface area contributed by atoms with Gasteiger partial charge in [-0.15, -0.1) is 0 Å². The first-order chi connectivity index (χ1) is 8.69. The number of piperazine rings is 1. The summed E-state index contributed by atoms with van der Waals surface area (Å²) < 4.78 is 0. The Bertz CT molecular complexity index is 353. The van der Waals surface area contributed by atoms with Crippen molar-refractivity contribution in [1.29, 1.82) is 0 Å². The summed E-state index contributed by atoms with van der Waals surface area (Å²) in [6.45, 7) is 10.5. The average molecular weight is 311 g/mol. The van der Waals surface area contributed by atoms with Crippen LogP contribution in [0.4, 0.5) is 5.69 Å². The van der Waals surface area contributed by atoms with Crippen molar-refractivity contribution < 1.29 is 0 Å². The standard InChI is InChI=1S/C15H23BrN2/c1-13(2)12-17-7-9-18(10-8-17)15-5-3-14(11-16)4-6-15/h3-6,13H,7-12H2,1-2H3. The highest BCUT2D eigenvalue weighted by Gasteiger charge is 2.17. The van der Waals surface area contributed by atoms with Gasteiger partial charge >= 0.3 is 0 Å². The molecule has 0 aliphatic carbocycles. The van der Waals surface area contributed by atoms with E-state index in [4.69, 9.17) is 0 Å². The van der Waals surface area contributed by atoms with Gasteiger partial charge in [-0.2, -0.15) is 0 Å². The lowest BCUT2D eigenvalue weighted by molar-refractivity contribution is 0.231. The van der Waals surface area contributed by atoms with Crippen molar-refractivity contribution in [2.75, 3.05) is 37.6 Å². The number of alkyl halides is 1. The molecule has 1 aromatic rings. The van der Waals surface area contributed by atoms with Gasteiger partial charge < -0.3 is 4.90 Å². The Morgan fingerprint density at radius 3 is 2.17 bits per heavy atom. The number of hydrogen-bond donors (Lipinski definition) is 0. The lowest BCUT2D eigenvalue weighted by Gasteiger charge is -2.36. The molecule has 18 heavy (non-hydrogen) atoms. The molecule has 0 spiro atoms. The number of hydrogen-bond acceptors (Lipinski definition) is 2. The molecule has 0 bridgehead atoms. The fraction of sp³-hybridized carbons (Fsp3) is 0.600. The zero-order chi connectivity index (χ0) is 13.0. The van der Waals surface area contributed by atoms with Crippen LogP contribution in [-0.4, -0.2) is 37.6 Å². The van der Waals surface area contributed by atoms with E-state index in [9.17, 15) is 0 Å². The Labute approximate surface area is 119 Å². The number of nitrogens with zero attached hydrogens (tertiary/aromatic N) is 2. The minimum absolute atomic E-state index is 0.773. The SMILES string of the molecule is CC(C)CN1CCN(c2ccc(CBr)cc2)CC1. The molecule has 2 rings (SSSR count). The molecule has 100 valence electrons. The highest BCUT2D eigenvalue weighted by molar-refractivity contribution is 9.08. The summed E-state index contributed by atoms with van der Waals surface area (Å²) in [6, 6.07) is 8.92. The Hall–Kier alpha value is -0.540. The Balaban J connectivity index is 1.88. The Kier molecular flexibility index (Phi) is 5.07. The van der Waals surface area contributed by atoms with Gasteiger partial charge in [0.2, 0.25) is 0 Å². The number of benzene rings is 1. The van der Waals surface area contributed by atoms with Gasteiger partial charge in [0.15, 0.2) is 0 Å². The second-order valence-corrected chi connectivity index (χ2v) is 6.04. The molecule has 0 radical (unpaired) electrons. The third-order valence-electron chi connectivity index (χ3n) is 3.45. The van der Waals surface area contributed by atoms with Crippen LogP contribution in [0.1, 0.15) is 19.4 Å². The predicted octanol–water partition coefficient (Wildman–Crippen LogP) is 3.36. The highest BCUT2D eigenvalue weighted by atomic mass is 79.9. The largest absolute Gasteiger partial charge is 0.369 e. The molecule has 1 aliphatic rings. The average Bonchev–Trinajstić information content (AvgIpc) is 2.39. The molecule has 0 amide bonds. The molecule has 0 atom stereocenters. The van der Waals surface area contributed by atoms with Gasteiger partial charge in [-0.05, 0) is 23.6 Å². The van der Waals surface area contributed by atoms with Crippen LogP contribution >= 0.6 is 15.9 Å². The van der Waals surface area contributed by atoms with Crippen LogP contribution in [0.25, 0.3) is 0 Å². The van der Waals surface area contributed by atoms with E-state index in [2.05, 4.69) is 63.8 Å². The Morgan fingerprint density at radius 1 is 1.06 bits per heavy atom. The van der Waals surface area contributed by atoms with Gasteiger partial charge in [0.1, 0.15) is 0 Å². The van der Waals surface area contributed by atoms with Crippen LogP contribution in [0.15, 0.2) is 24.3 Å². The van der Waals surface area contributed by atoms with Gasteiger partial charge in [0.25, 0.3) is 0 Å². The summed E-state index contributed by atoms with van der Waals surface area (Å²) in [5, 5.41) is 0.940. The van der Waals surface area contributed by atoms with E-state index >= 15 is 0 Å². The zero-order valence-corrected chi connectivity index (χ0v) is 13.0. The van der Waals surface area contributed by atoms with Crippen LogP contribution in [0.3, 0.4) is 0 Å². The van der Waals surface area contributed by atoms with Crippen molar-refractivity contribution in [1.82, 2.24) is 4.90 Å². The second kappa shape index (κ2) is 6.58. The van der Waals surface area contributed by atoms with Crippen LogP contribution < -0.4 is 4.90 Å². The molecule has 0 saturated carbocycles. The van der Waals surface area contributed by atoms with Gasteiger partial charge in [0, 0.05) is 43.7 Å². The number of halogens is 1. The summed E-state index contributed by atoms with van der Waals surface area (Å²) in [6.07, 6.45) is 0. The Morgan fingerprint density at radius 2 is 1.67 bits per heavy atom. The molecule has 0 N–H and O–H groups in total. The molecule has 0 unspecified atom stereocenters. The van der Waals surface area contributed by atoms with E-state index in [1.54, 1.807) is 0 Å². The monoisotopic (exact) mass is 310 g/mol. The third kappa shape index (κ3) is 3.72. The van der Waals surface area contributed by atoms with Crippen LogP contribution in [0.5, 0.6) is 0 Å². The molecule has 2 nitrogen and oxygen atoms in total. The highest BCUT2D eigenvalue weighted by Crippen LogP contribution is 2.18. The van der Waals surface area contributed by atoms with Gasteiger partial charge in [-0.1, -0.05) is 41.9 Å². The normalized spacial score (nSPS) is 17.4. The molecule has 0 aromatic heterocycles. The topological polar surface area (TPSA) is 6.48 Å². The summed E-state index contributed by atoms with van der Waals surface area (Å²) >= 11 is 3.49. The van der Waals surface area contributed by atoms with E-state index < -0.39 is 0 Å². The zero-order valence-electron chi connectivity index (χ0n) is 11.4. The third-order valence-corrected chi connectivity index (χ3v) is 4.10. The minimum atomic E-state index is 0.773. The molecule has 1 aromatic carbocycles. The van der Waals surface area contributed by atoms with Gasteiger partial charge in [-0.3, -0.25) is 4.90 Å². The summed E-state index contributed by atoms with van der Waals surface area (Å²) in [7, 11) is 0. The van der Waals surface area contributed by atoms with Crippen molar-refractivity contribution in [3.8, 4) is 0 Å². The van der Waals surface area contributed by atoms with E-state index in [-0.39, 0.29) is 0 Å². The van der Waals surface area contributed by atoms with Crippen LogP contribution in [0, 0.1) is 5.92 Å². The van der Waals surface area contributed by atoms with Crippen molar-refractivity contribution >= 4 is 21.6 Å². The van der Waals surface area contributed by atoms with Crippen molar-refractivity contribution in [2.45, 2.75) is 19.2 Å². The van der Waals surface area contributed by atoms with Crippen molar-refractivity contribution in [3.05, 3.63) is 29.8 Å². The summed E-state index contributed by atoms with van der Waals surface area (Å²) in [4.78, 5) is 5.07. The van der Waals surface area contributed by atoms with E-state index in [1.807, 2.05) is 0 Å². The fourth-order valence-electron chi connectivity index (χ4n) is 2.50. The lowest BCUT2D eigenvalue weighted by atomic mass is 10.1. The number of rotatable bonds is 4. The lowest BCUT2D eigenvalue weighted by Crippen LogP contribution is -2.47. The van der Waals surface area contributed by atoms with Gasteiger partial charge in [0.05, 0.1) is 0 Å². The molecule has 1 saturated heterocycles.